The van der Waals surface area contributed by atoms with Gasteiger partial charge in [0.15, 0.2) is 0 Å². The van der Waals surface area contributed by atoms with Crippen LogP contribution in [0.4, 0.5) is 13.2 Å². The normalized spacial score (nSPS) is 13.4. The Kier molecular flexibility index (Phi) is 4.41. The average Bonchev–Trinajstić information content (AvgIpc) is 2.58. The predicted octanol–water partition coefficient (Wildman–Crippen LogP) is 4.28. The van der Waals surface area contributed by atoms with Crippen LogP contribution in [0.3, 0.4) is 0 Å². The lowest BCUT2D eigenvalue weighted by Gasteiger charge is -2.13. The molecule has 0 fully saturated rings. The first-order valence-corrected chi connectivity index (χ1v) is 5.64. The van der Waals surface area contributed by atoms with Crippen molar-refractivity contribution in [1.82, 2.24) is 0 Å². The highest BCUT2D eigenvalue weighted by molar-refractivity contribution is 7.17. The third kappa shape index (κ3) is 3.34. The van der Waals surface area contributed by atoms with Crippen molar-refractivity contribution in [3.63, 3.8) is 0 Å². The molecule has 2 aromatic rings. The molecule has 2 rings (SSSR count). The summed E-state index contributed by atoms with van der Waals surface area (Å²) in [5.41, 5.74) is 6.16. The van der Waals surface area contributed by atoms with Crippen LogP contribution in [0.2, 0.25) is 0 Å². The molecule has 94 valence electrons. The number of thiophene rings is 1. The highest BCUT2D eigenvalue weighted by atomic mass is 35.5. The van der Waals surface area contributed by atoms with Gasteiger partial charge in [-0.25, -0.2) is 0 Å². The lowest BCUT2D eigenvalue weighted by Crippen LogP contribution is -2.19. The number of hydrogen-bond donors (Lipinski definition) is 1. The highest BCUT2D eigenvalue weighted by Gasteiger charge is 2.31. The second kappa shape index (κ2) is 5.25. The Morgan fingerprint density at radius 2 is 1.88 bits per heavy atom. The van der Waals surface area contributed by atoms with Crippen molar-refractivity contribution in [1.29, 1.82) is 0 Å². The number of fused-ring (bicyclic) bond motifs is 1. The van der Waals surface area contributed by atoms with E-state index < -0.39 is 18.6 Å². The first kappa shape index (κ1) is 14.3. The summed E-state index contributed by atoms with van der Waals surface area (Å²) < 4.78 is 37.6. The fourth-order valence-corrected chi connectivity index (χ4v) is 2.67. The molecule has 0 spiro atoms. The van der Waals surface area contributed by atoms with Crippen molar-refractivity contribution < 1.29 is 13.2 Å². The Morgan fingerprint density at radius 3 is 2.53 bits per heavy atom. The van der Waals surface area contributed by atoms with Gasteiger partial charge in [-0.05, 0) is 22.4 Å². The number of hydrogen-bond acceptors (Lipinski definition) is 2. The van der Waals surface area contributed by atoms with E-state index in [1.54, 1.807) is 17.5 Å². The Labute approximate surface area is 107 Å². The van der Waals surface area contributed by atoms with Gasteiger partial charge in [-0.15, -0.1) is 23.7 Å². The predicted molar refractivity (Wildman–Crippen MR) is 66.7 cm³/mol. The fourth-order valence-electron chi connectivity index (χ4n) is 1.64. The van der Waals surface area contributed by atoms with Crippen LogP contribution in [0.15, 0.2) is 29.6 Å². The Hall–Kier alpha value is -0.780. The van der Waals surface area contributed by atoms with Gasteiger partial charge in [0, 0.05) is 10.7 Å². The van der Waals surface area contributed by atoms with Crippen molar-refractivity contribution >= 4 is 33.8 Å². The van der Waals surface area contributed by atoms with Crippen LogP contribution in [0.1, 0.15) is 18.0 Å². The second-order valence-corrected chi connectivity index (χ2v) is 4.52. The molecule has 0 radical (unpaired) electrons. The van der Waals surface area contributed by atoms with E-state index in [0.29, 0.717) is 5.56 Å². The van der Waals surface area contributed by atoms with E-state index in [1.165, 1.54) is 11.3 Å². The molecule has 1 nitrogen and oxygen atoms in total. The van der Waals surface area contributed by atoms with Crippen LogP contribution in [0.25, 0.3) is 10.1 Å². The molecule has 1 atom stereocenters. The molecule has 6 heteroatoms. The molecule has 2 N–H and O–H groups in total. The molecule has 0 unspecified atom stereocenters. The fraction of sp³-hybridized carbons (Fsp3) is 0.273. The lowest BCUT2D eigenvalue weighted by molar-refractivity contribution is -0.138. The van der Waals surface area contributed by atoms with Gasteiger partial charge in [0.2, 0.25) is 0 Å². The molecule has 1 heterocycles. The van der Waals surface area contributed by atoms with Crippen molar-refractivity contribution in [2.75, 3.05) is 0 Å². The van der Waals surface area contributed by atoms with Crippen molar-refractivity contribution in [2.24, 2.45) is 5.73 Å². The topological polar surface area (TPSA) is 26.0 Å². The molecule has 1 aromatic carbocycles. The number of rotatable bonds is 2. The number of halogens is 4. The van der Waals surface area contributed by atoms with Gasteiger partial charge in [-0.2, -0.15) is 13.2 Å². The molecular formula is C11H11ClF3NS. The van der Waals surface area contributed by atoms with E-state index >= 15 is 0 Å². The third-order valence-electron chi connectivity index (χ3n) is 2.36. The molecule has 0 saturated carbocycles. The zero-order valence-electron chi connectivity index (χ0n) is 8.70. The second-order valence-electron chi connectivity index (χ2n) is 3.61. The van der Waals surface area contributed by atoms with E-state index in [1.807, 2.05) is 12.1 Å². The summed E-state index contributed by atoms with van der Waals surface area (Å²) in [6.07, 6.45) is -5.20. The summed E-state index contributed by atoms with van der Waals surface area (Å²) in [6, 6.07) is 6.37. The van der Waals surface area contributed by atoms with E-state index in [9.17, 15) is 13.2 Å². The molecule has 0 saturated heterocycles. The maximum absolute atomic E-state index is 12.2. The van der Waals surface area contributed by atoms with Crippen LogP contribution in [-0.4, -0.2) is 6.18 Å². The maximum atomic E-state index is 12.2. The molecule has 0 bridgehead atoms. The van der Waals surface area contributed by atoms with Crippen molar-refractivity contribution in [3.8, 4) is 0 Å². The SMILES string of the molecule is Cl.N[C@H](CC(F)(F)F)c1csc2ccccc12. The van der Waals surface area contributed by atoms with E-state index in [0.717, 1.165) is 10.1 Å². The van der Waals surface area contributed by atoms with Gasteiger partial charge in [0.05, 0.1) is 6.42 Å². The van der Waals surface area contributed by atoms with Gasteiger partial charge in [-0.1, -0.05) is 18.2 Å². The monoisotopic (exact) mass is 281 g/mol. The van der Waals surface area contributed by atoms with E-state index in [2.05, 4.69) is 0 Å². The lowest BCUT2D eigenvalue weighted by atomic mass is 10.0. The van der Waals surface area contributed by atoms with E-state index in [4.69, 9.17) is 5.73 Å². The van der Waals surface area contributed by atoms with Gasteiger partial charge in [-0.3, -0.25) is 0 Å². The summed E-state index contributed by atoms with van der Waals surface area (Å²) in [4.78, 5) is 0. The maximum Gasteiger partial charge on any atom is 0.390 e. The Balaban J connectivity index is 0.00000144. The quantitative estimate of drug-likeness (QED) is 0.874. The number of alkyl halides is 3. The first-order valence-electron chi connectivity index (χ1n) is 4.76. The zero-order chi connectivity index (χ0) is 11.8. The summed E-state index contributed by atoms with van der Waals surface area (Å²) in [5, 5.41) is 2.53. The molecule has 0 aliphatic heterocycles. The summed E-state index contributed by atoms with van der Waals surface area (Å²) in [7, 11) is 0. The summed E-state index contributed by atoms with van der Waals surface area (Å²) >= 11 is 1.42. The van der Waals surface area contributed by atoms with Crippen LogP contribution in [0, 0.1) is 0 Å². The van der Waals surface area contributed by atoms with Crippen molar-refractivity contribution in [3.05, 3.63) is 35.2 Å². The molecule has 0 aliphatic carbocycles. The van der Waals surface area contributed by atoms with Gasteiger partial charge in [0.1, 0.15) is 0 Å². The Morgan fingerprint density at radius 1 is 1.24 bits per heavy atom. The minimum Gasteiger partial charge on any atom is -0.324 e. The highest BCUT2D eigenvalue weighted by Crippen LogP contribution is 2.34. The van der Waals surface area contributed by atoms with Crippen LogP contribution in [-0.2, 0) is 0 Å². The minimum absolute atomic E-state index is 0. The standard InChI is InChI=1S/C11H10F3NS.ClH/c12-11(13,14)5-9(15)8-6-16-10-4-2-1-3-7(8)10;/h1-4,6,9H,5,15H2;1H/t9-;/m1./s1. The average molecular weight is 282 g/mol. The zero-order valence-corrected chi connectivity index (χ0v) is 10.3. The van der Waals surface area contributed by atoms with Gasteiger partial charge < -0.3 is 5.73 Å². The van der Waals surface area contributed by atoms with Crippen LogP contribution < -0.4 is 5.73 Å². The van der Waals surface area contributed by atoms with Gasteiger partial charge >= 0.3 is 6.18 Å². The first-order chi connectivity index (χ1) is 7.47. The molecule has 1 aromatic heterocycles. The molecule has 0 amide bonds. The van der Waals surface area contributed by atoms with Gasteiger partial charge in [0.25, 0.3) is 0 Å². The number of benzene rings is 1. The summed E-state index contributed by atoms with van der Waals surface area (Å²) in [6.45, 7) is 0. The molecule has 17 heavy (non-hydrogen) atoms. The van der Waals surface area contributed by atoms with Crippen molar-refractivity contribution in [2.45, 2.75) is 18.6 Å². The number of nitrogens with two attached hydrogens (primary N) is 1. The molecular weight excluding hydrogens is 271 g/mol. The third-order valence-corrected chi connectivity index (χ3v) is 3.34. The van der Waals surface area contributed by atoms with Crippen LogP contribution in [0.5, 0.6) is 0 Å². The minimum atomic E-state index is -4.22. The summed E-state index contributed by atoms with van der Waals surface area (Å²) in [5.74, 6) is 0. The largest absolute Gasteiger partial charge is 0.390 e. The van der Waals surface area contributed by atoms with E-state index in [-0.39, 0.29) is 12.4 Å². The Bertz CT molecular complexity index is 495. The smallest absolute Gasteiger partial charge is 0.324 e. The molecule has 0 aliphatic rings. The van der Waals surface area contributed by atoms with Crippen LogP contribution >= 0.6 is 23.7 Å².